The molecule has 0 aliphatic heterocycles. The number of benzene rings is 1. The Morgan fingerprint density at radius 1 is 1.33 bits per heavy atom. The molecule has 2 aromatic rings. The third-order valence-corrected chi connectivity index (χ3v) is 3.97. The molecular formula is C16H19N3O2. The summed E-state index contributed by atoms with van der Waals surface area (Å²) >= 11 is 0. The number of aromatic nitrogens is 2. The molecule has 1 aliphatic carbocycles. The van der Waals surface area contributed by atoms with Crippen molar-refractivity contribution in [1.29, 1.82) is 0 Å². The Kier molecular flexibility index (Phi) is 3.64. The van der Waals surface area contributed by atoms with E-state index in [1.165, 1.54) is 15.7 Å². The van der Waals surface area contributed by atoms with Crippen molar-refractivity contribution in [2.45, 2.75) is 25.3 Å². The molecule has 1 aromatic heterocycles. The van der Waals surface area contributed by atoms with Gasteiger partial charge < -0.3 is 14.6 Å². The third-order valence-electron chi connectivity index (χ3n) is 3.97. The summed E-state index contributed by atoms with van der Waals surface area (Å²) in [5.41, 5.74) is 2.64. The van der Waals surface area contributed by atoms with Crippen molar-refractivity contribution in [3.63, 3.8) is 0 Å². The topological polar surface area (TPSA) is 56.1 Å². The van der Waals surface area contributed by atoms with E-state index in [4.69, 9.17) is 4.74 Å². The lowest BCUT2D eigenvalue weighted by Gasteiger charge is -2.26. The van der Waals surface area contributed by atoms with Crippen LogP contribution in [-0.2, 0) is 19.9 Å². The van der Waals surface area contributed by atoms with Gasteiger partial charge >= 0.3 is 0 Å². The average Bonchev–Trinajstić information content (AvgIpc) is 2.50. The smallest absolute Gasteiger partial charge is 0.255 e. The summed E-state index contributed by atoms with van der Waals surface area (Å²) in [5, 5.41) is 3.36. The lowest BCUT2D eigenvalue weighted by Crippen LogP contribution is -2.29. The summed E-state index contributed by atoms with van der Waals surface area (Å²) in [4.78, 5) is 15.9. The SMILES string of the molecule is COc1ccc2c(c1)CCC(Nc1cc(=O)n(C)cn1)C2. The van der Waals surface area contributed by atoms with Crippen molar-refractivity contribution in [2.24, 2.45) is 7.05 Å². The molecule has 1 atom stereocenters. The Balaban J connectivity index is 1.74. The first-order valence-corrected chi connectivity index (χ1v) is 7.10. The van der Waals surface area contributed by atoms with Gasteiger partial charge in [-0.1, -0.05) is 6.07 Å². The number of anilines is 1. The standard InChI is InChI=1S/C16H19N3O2/c1-19-10-17-15(9-16(19)20)18-13-5-3-12-8-14(21-2)6-4-11(12)7-13/h4,6,8-10,13,18H,3,5,7H2,1-2H3. The molecule has 3 rings (SSSR count). The number of aryl methyl sites for hydroxylation is 2. The zero-order valence-electron chi connectivity index (χ0n) is 12.3. The maximum absolute atomic E-state index is 11.6. The molecule has 0 amide bonds. The molecule has 0 radical (unpaired) electrons. The van der Waals surface area contributed by atoms with Crippen LogP contribution in [0, 0.1) is 0 Å². The second-order valence-corrected chi connectivity index (χ2v) is 5.44. The first-order valence-electron chi connectivity index (χ1n) is 7.10. The number of methoxy groups -OCH3 is 1. The van der Waals surface area contributed by atoms with Crippen LogP contribution in [0.5, 0.6) is 5.75 Å². The van der Waals surface area contributed by atoms with Crippen molar-refractivity contribution in [2.75, 3.05) is 12.4 Å². The number of hydrogen-bond donors (Lipinski definition) is 1. The van der Waals surface area contributed by atoms with Crippen LogP contribution in [0.1, 0.15) is 17.5 Å². The van der Waals surface area contributed by atoms with E-state index in [-0.39, 0.29) is 5.56 Å². The number of ether oxygens (including phenoxy) is 1. The molecule has 0 bridgehead atoms. The molecule has 110 valence electrons. The lowest BCUT2D eigenvalue weighted by molar-refractivity contribution is 0.413. The second-order valence-electron chi connectivity index (χ2n) is 5.44. The van der Waals surface area contributed by atoms with E-state index < -0.39 is 0 Å². The van der Waals surface area contributed by atoms with Gasteiger partial charge in [0.2, 0.25) is 0 Å². The predicted molar refractivity (Wildman–Crippen MR) is 81.9 cm³/mol. The van der Waals surface area contributed by atoms with E-state index in [9.17, 15) is 4.79 Å². The maximum Gasteiger partial charge on any atom is 0.255 e. The Morgan fingerprint density at radius 3 is 2.95 bits per heavy atom. The minimum absolute atomic E-state index is 0.0477. The van der Waals surface area contributed by atoms with Crippen molar-refractivity contribution >= 4 is 5.82 Å². The zero-order valence-corrected chi connectivity index (χ0v) is 12.3. The molecule has 21 heavy (non-hydrogen) atoms. The first kappa shape index (κ1) is 13.7. The lowest BCUT2D eigenvalue weighted by atomic mass is 9.88. The minimum atomic E-state index is -0.0477. The Labute approximate surface area is 123 Å². The van der Waals surface area contributed by atoms with Crippen LogP contribution in [0.25, 0.3) is 0 Å². The Morgan fingerprint density at radius 2 is 2.19 bits per heavy atom. The number of rotatable bonds is 3. The highest BCUT2D eigenvalue weighted by Gasteiger charge is 2.19. The molecule has 1 aliphatic rings. The summed E-state index contributed by atoms with van der Waals surface area (Å²) < 4.78 is 6.73. The maximum atomic E-state index is 11.6. The van der Waals surface area contributed by atoms with Gasteiger partial charge in [-0.3, -0.25) is 4.79 Å². The van der Waals surface area contributed by atoms with Gasteiger partial charge in [0.25, 0.3) is 5.56 Å². The van der Waals surface area contributed by atoms with Gasteiger partial charge in [-0.05, 0) is 42.5 Å². The van der Waals surface area contributed by atoms with E-state index in [1.54, 1.807) is 26.6 Å². The van der Waals surface area contributed by atoms with Crippen LogP contribution in [0.3, 0.4) is 0 Å². The summed E-state index contributed by atoms with van der Waals surface area (Å²) in [6.45, 7) is 0. The van der Waals surface area contributed by atoms with E-state index >= 15 is 0 Å². The van der Waals surface area contributed by atoms with E-state index in [0.717, 1.165) is 25.0 Å². The first-order chi connectivity index (χ1) is 10.2. The number of nitrogens with one attached hydrogen (secondary N) is 1. The third kappa shape index (κ3) is 2.91. The van der Waals surface area contributed by atoms with Crippen LogP contribution < -0.4 is 15.6 Å². The Bertz CT molecular complexity index is 709. The van der Waals surface area contributed by atoms with Crippen LogP contribution in [0.4, 0.5) is 5.82 Å². The molecule has 1 N–H and O–H groups in total. The van der Waals surface area contributed by atoms with Gasteiger partial charge in [-0.25, -0.2) is 4.98 Å². The van der Waals surface area contributed by atoms with Crippen molar-refractivity contribution in [3.05, 3.63) is 52.1 Å². The molecule has 0 fully saturated rings. The molecule has 0 saturated carbocycles. The molecule has 1 aromatic carbocycles. The largest absolute Gasteiger partial charge is 0.497 e. The van der Waals surface area contributed by atoms with Crippen molar-refractivity contribution in [1.82, 2.24) is 9.55 Å². The Hall–Kier alpha value is -2.30. The normalized spacial score (nSPS) is 17.1. The fraction of sp³-hybridized carbons (Fsp3) is 0.375. The molecule has 0 spiro atoms. The van der Waals surface area contributed by atoms with Gasteiger partial charge in [0.15, 0.2) is 0 Å². The van der Waals surface area contributed by atoms with E-state index in [1.807, 2.05) is 6.07 Å². The second kappa shape index (κ2) is 5.60. The van der Waals surface area contributed by atoms with Crippen LogP contribution in [-0.4, -0.2) is 22.7 Å². The van der Waals surface area contributed by atoms with Crippen LogP contribution in [0.15, 0.2) is 35.4 Å². The molecule has 1 unspecified atom stereocenters. The fourth-order valence-electron chi connectivity index (χ4n) is 2.73. The molecule has 0 saturated heterocycles. The van der Waals surface area contributed by atoms with Gasteiger partial charge in [-0.15, -0.1) is 0 Å². The van der Waals surface area contributed by atoms with Crippen molar-refractivity contribution < 1.29 is 4.74 Å². The number of fused-ring (bicyclic) bond motifs is 1. The average molecular weight is 285 g/mol. The van der Waals surface area contributed by atoms with E-state index in [0.29, 0.717) is 11.9 Å². The van der Waals surface area contributed by atoms with Crippen LogP contribution in [0.2, 0.25) is 0 Å². The summed E-state index contributed by atoms with van der Waals surface area (Å²) in [6.07, 6.45) is 4.52. The quantitative estimate of drug-likeness (QED) is 0.933. The molecule has 5 heteroatoms. The van der Waals surface area contributed by atoms with Gasteiger partial charge in [0, 0.05) is 19.2 Å². The molecule has 1 heterocycles. The fourth-order valence-corrected chi connectivity index (χ4v) is 2.73. The van der Waals surface area contributed by atoms with E-state index in [2.05, 4.69) is 22.4 Å². The van der Waals surface area contributed by atoms with Crippen LogP contribution >= 0.6 is 0 Å². The summed E-state index contributed by atoms with van der Waals surface area (Å²) in [6, 6.07) is 8.09. The molecular weight excluding hydrogens is 266 g/mol. The number of nitrogens with zero attached hydrogens (tertiary/aromatic N) is 2. The highest BCUT2D eigenvalue weighted by molar-refractivity contribution is 5.41. The number of hydrogen-bond acceptors (Lipinski definition) is 4. The van der Waals surface area contributed by atoms with Gasteiger partial charge in [-0.2, -0.15) is 0 Å². The molecule has 5 nitrogen and oxygen atoms in total. The minimum Gasteiger partial charge on any atom is -0.497 e. The zero-order chi connectivity index (χ0) is 14.8. The van der Waals surface area contributed by atoms with Gasteiger partial charge in [0.1, 0.15) is 11.6 Å². The highest BCUT2D eigenvalue weighted by atomic mass is 16.5. The summed E-state index contributed by atoms with van der Waals surface area (Å²) in [7, 11) is 3.39. The van der Waals surface area contributed by atoms with Crippen molar-refractivity contribution in [3.8, 4) is 5.75 Å². The highest BCUT2D eigenvalue weighted by Crippen LogP contribution is 2.26. The monoisotopic (exact) mass is 285 g/mol. The van der Waals surface area contributed by atoms with Gasteiger partial charge in [0.05, 0.1) is 13.4 Å². The summed E-state index contributed by atoms with van der Waals surface area (Å²) in [5.74, 6) is 1.56. The predicted octanol–water partition coefficient (Wildman–Crippen LogP) is 1.76.